The van der Waals surface area contributed by atoms with Crippen LogP contribution in [0, 0.1) is 111 Å². The molecule has 0 atom stereocenters. The van der Waals surface area contributed by atoms with Crippen LogP contribution in [0.1, 0.15) is 84.9 Å². The van der Waals surface area contributed by atoms with E-state index in [9.17, 15) is 0 Å². The summed E-state index contributed by atoms with van der Waals surface area (Å²) in [6.45, 7) is 34.4. The summed E-state index contributed by atoms with van der Waals surface area (Å²) < 4.78 is 0. The number of hydrogen-bond donors (Lipinski definition) is 0. The van der Waals surface area contributed by atoms with E-state index in [4.69, 9.17) is 0 Å². The largest absolute Gasteiger partial charge is 0.146 e. The van der Waals surface area contributed by atoms with Crippen molar-refractivity contribution in [2.45, 2.75) is 111 Å². The molecule has 0 aliphatic rings. The normalized spacial score (nSPS) is 9.86. The molecule has 0 unspecified atom stereocenters. The topological polar surface area (TPSA) is 0 Å². The Bertz CT molecular complexity index is 1440. The van der Waals surface area contributed by atoms with E-state index in [0.717, 1.165) is 0 Å². The predicted octanol–water partition coefficient (Wildman–Crippen LogP) is 13.6. The third kappa shape index (κ3) is 14.2. The molecule has 0 fully saturated rings. The van der Waals surface area contributed by atoms with Crippen molar-refractivity contribution in [1.29, 1.82) is 0 Å². The fourth-order valence-electron chi connectivity index (χ4n) is 4.68. The molecule has 0 saturated carbocycles. The summed E-state index contributed by atoms with van der Waals surface area (Å²) in [5.41, 5.74) is 14.0. The number of benzene rings is 2. The molecule has 5 aromatic rings. The maximum absolute atomic E-state index is 2.22. The van der Waals surface area contributed by atoms with Gasteiger partial charge in [0, 0.05) is 29.3 Å². The van der Waals surface area contributed by atoms with E-state index in [1.165, 1.54) is 84.9 Å². The van der Waals surface area contributed by atoms with Gasteiger partial charge < -0.3 is 0 Å². The molecule has 0 aliphatic carbocycles. The zero-order chi connectivity index (χ0) is 33.0. The van der Waals surface area contributed by atoms with E-state index in [1.807, 2.05) is 34.0 Å². The van der Waals surface area contributed by atoms with Gasteiger partial charge in [0.2, 0.25) is 0 Å². The zero-order valence-electron chi connectivity index (χ0n) is 29.8. The standard InChI is InChI=1S/C10H14.C9H12.C8H12S.C7H10S.C6H8S/c1-7-5-8(2)10(4)9(3)6-7;1-7-4-8(2)6-9(3)5-7;1-5-6(2)8(4)9-7(5)3;1-5-4-6(2)8-7(5)3;1-5-3-4-6(2)7-5/h5-6H,1-4H3;4-6H,1-3H3;1-4H3;4H,1-3H3;3-4H,1-2H3. The van der Waals surface area contributed by atoms with Crippen LogP contribution in [-0.4, -0.2) is 0 Å². The second-order valence-corrected chi connectivity index (χ2v) is 16.3. The quantitative estimate of drug-likeness (QED) is 0.159. The average Bonchev–Trinajstić information content (AvgIpc) is 3.49. The molecule has 3 heteroatoms. The molecule has 3 heterocycles. The second-order valence-electron chi connectivity index (χ2n) is 11.9. The Kier molecular flexibility index (Phi) is 16.5. The zero-order valence-corrected chi connectivity index (χ0v) is 32.3. The molecule has 3 aromatic heterocycles. The average molecular weight is 633 g/mol. The molecule has 2 aromatic carbocycles. The Morgan fingerprint density at radius 2 is 0.674 bits per heavy atom. The number of rotatable bonds is 0. The van der Waals surface area contributed by atoms with E-state index in [1.54, 1.807) is 0 Å². The summed E-state index contributed by atoms with van der Waals surface area (Å²) >= 11 is 5.61. The lowest BCUT2D eigenvalue weighted by molar-refractivity contribution is 1.23. The van der Waals surface area contributed by atoms with Crippen LogP contribution in [0.5, 0.6) is 0 Å². The van der Waals surface area contributed by atoms with E-state index < -0.39 is 0 Å². The van der Waals surface area contributed by atoms with Gasteiger partial charge in [0.1, 0.15) is 0 Å². The summed E-state index contributed by atoms with van der Waals surface area (Å²) in [6.07, 6.45) is 0. The van der Waals surface area contributed by atoms with Crippen LogP contribution >= 0.6 is 34.0 Å². The summed E-state index contributed by atoms with van der Waals surface area (Å²) in [7, 11) is 0. The SMILES string of the molecule is Cc1cc(C)c(C)c(C)c1.Cc1cc(C)c(C)s1.Cc1cc(C)cc(C)c1.Cc1ccc(C)s1.Cc1sc(C)c(C)c1C. The maximum atomic E-state index is 2.22. The van der Waals surface area contributed by atoms with Crippen molar-refractivity contribution in [2.24, 2.45) is 0 Å². The van der Waals surface area contributed by atoms with Crippen LogP contribution in [0.25, 0.3) is 0 Å². The van der Waals surface area contributed by atoms with Gasteiger partial charge in [-0.2, -0.15) is 0 Å². The second kappa shape index (κ2) is 18.4. The molecule has 0 aliphatic heterocycles. The smallest absolute Gasteiger partial charge is 0.00489 e. The summed E-state index contributed by atoms with van der Waals surface area (Å²) in [5, 5.41) is 0. The Hall–Kier alpha value is -2.46. The van der Waals surface area contributed by atoms with Gasteiger partial charge in [-0.25, -0.2) is 0 Å². The minimum atomic E-state index is 1.35. The number of hydrogen-bond acceptors (Lipinski definition) is 3. The highest BCUT2D eigenvalue weighted by molar-refractivity contribution is 7.12. The van der Waals surface area contributed by atoms with Crippen LogP contribution in [0.15, 0.2) is 48.5 Å². The molecule has 234 valence electrons. The molecule has 0 nitrogen and oxygen atoms in total. The maximum Gasteiger partial charge on any atom is 0.00489 e. The summed E-state index contributed by atoms with van der Waals surface area (Å²) in [5.74, 6) is 0. The van der Waals surface area contributed by atoms with Gasteiger partial charge in [-0.15, -0.1) is 34.0 Å². The first-order valence-corrected chi connectivity index (χ1v) is 17.5. The van der Waals surface area contributed by atoms with Gasteiger partial charge in [0.15, 0.2) is 0 Å². The van der Waals surface area contributed by atoms with Gasteiger partial charge in [0.05, 0.1) is 0 Å². The highest BCUT2D eigenvalue weighted by atomic mass is 32.1. The van der Waals surface area contributed by atoms with Crippen molar-refractivity contribution in [3.63, 3.8) is 0 Å². The Labute approximate surface area is 276 Å². The highest BCUT2D eigenvalue weighted by Crippen LogP contribution is 2.25. The van der Waals surface area contributed by atoms with Crippen LogP contribution in [0.4, 0.5) is 0 Å². The summed E-state index contributed by atoms with van der Waals surface area (Å²) in [4.78, 5) is 8.59. The molecular weight excluding hydrogens is 577 g/mol. The molecule has 0 spiro atoms. The lowest BCUT2D eigenvalue weighted by atomic mass is 10.0. The third-order valence-electron chi connectivity index (χ3n) is 7.53. The monoisotopic (exact) mass is 632 g/mol. The predicted molar refractivity (Wildman–Crippen MR) is 202 cm³/mol. The van der Waals surface area contributed by atoms with Crippen molar-refractivity contribution in [1.82, 2.24) is 0 Å². The minimum Gasteiger partial charge on any atom is -0.146 e. The van der Waals surface area contributed by atoms with Gasteiger partial charge in [0.25, 0.3) is 0 Å². The Morgan fingerprint density at radius 1 is 0.302 bits per heavy atom. The van der Waals surface area contributed by atoms with Gasteiger partial charge in [-0.3, -0.25) is 0 Å². The van der Waals surface area contributed by atoms with Gasteiger partial charge in [-0.1, -0.05) is 52.6 Å². The molecule has 0 N–H and O–H groups in total. The van der Waals surface area contributed by atoms with Gasteiger partial charge >= 0.3 is 0 Å². The van der Waals surface area contributed by atoms with E-state index in [2.05, 4.69) is 159 Å². The molecular formula is C40H56S3. The Morgan fingerprint density at radius 3 is 0.884 bits per heavy atom. The van der Waals surface area contributed by atoms with E-state index in [-0.39, 0.29) is 0 Å². The number of thiophene rings is 3. The lowest BCUT2D eigenvalue weighted by Gasteiger charge is -2.04. The molecule has 0 bridgehead atoms. The molecule has 5 rings (SSSR count). The minimum absolute atomic E-state index is 1.35. The van der Waals surface area contributed by atoms with Crippen molar-refractivity contribution >= 4 is 34.0 Å². The van der Waals surface area contributed by atoms with E-state index >= 15 is 0 Å². The lowest BCUT2D eigenvalue weighted by Crippen LogP contribution is -1.86. The van der Waals surface area contributed by atoms with E-state index in [0.29, 0.717) is 0 Å². The first-order valence-electron chi connectivity index (χ1n) is 15.1. The summed E-state index contributed by atoms with van der Waals surface area (Å²) in [6, 6.07) is 17.5. The first-order chi connectivity index (χ1) is 19.9. The fraction of sp³-hybridized carbons (Fsp3) is 0.400. The third-order valence-corrected chi connectivity index (χ3v) is 10.7. The van der Waals surface area contributed by atoms with Crippen molar-refractivity contribution in [3.05, 3.63) is 133 Å². The van der Waals surface area contributed by atoms with Crippen molar-refractivity contribution in [2.75, 3.05) is 0 Å². The van der Waals surface area contributed by atoms with Gasteiger partial charge in [-0.05, 0) is 162 Å². The van der Waals surface area contributed by atoms with Crippen LogP contribution in [0.2, 0.25) is 0 Å². The fourth-order valence-corrected chi connectivity index (χ4v) is 7.47. The van der Waals surface area contributed by atoms with Crippen LogP contribution in [-0.2, 0) is 0 Å². The van der Waals surface area contributed by atoms with Crippen molar-refractivity contribution in [3.8, 4) is 0 Å². The molecule has 0 radical (unpaired) electrons. The highest BCUT2D eigenvalue weighted by Gasteiger charge is 2.02. The Balaban J connectivity index is 0.000000270. The van der Waals surface area contributed by atoms with Crippen LogP contribution < -0.4 is 0 Å². The van der Waals surface area contributed by atoms with Crippen molar-refractivity contribution < 1.29 is 0 Å². The molecule has 0 amide bonds. The molecule has 43 heavy (non-hydrogen) atoms. The first kappa shape index (κ1) is 38.6. The molecule has 0 saturated heterocycles. The number of aryl methyl sites for hydroxylation is 13. The van der Waals surface area contributed by atoms with Crippen LogP contribution in [0.3, 0.4) is 0 Å².